The first-order valence-corrected chi connectivity index (χ1v) is 8.11. The van der Waals surface area contributed by atoms with Gasteiger partial charge in [0.1, 0.15) is 5.78 Å². The van der Waals surface area contributed by atoms with E-state index in [1.54, 1.807) is 6.92 Å². The maximum Gasteiger partial charge on any atom is 0.129 e. The van der Waals surface area contributed by atoms with Crippen molar-refractivity contribution in [3.05, 3.63) is 12.2 Å². The predicted molar refractivity (Wildman–Crippen MR) is 82.4 cm³/mol. The van der Waals surface area contributed by atoms with Crippen molar-refractivity contribution in [3.8, 4) is 0 Å². The minimum atomic E-state index is 0.0577. The summed E-state index contributed by atoms with van der Waals surface area (Å²) in [6, 6.07) is 0. The molecule has 1 N–H and O–H groups in total. The van der Waals surface area contributed by atoms with Crippen molar-refractivity contribution in [1.82, 2.24) is 0 Å². The number of carbonyl (C=O) groups is 1. The van der Waals surface area contributed by atoms with Crippen molar-refractivity contribution in [2.45, 2.75) is 65.7 Å². The molecule has 0 aliphatic heterocycles. The number of hydrogen-bond acceptors (Lipinski definition) is 2. The monoisotopic (exact) mass is 278 g/mol. The van der Waals surface area contributed by atoms with Gasteiger partial charge in [0.2, 0.25) is 0 Å². The summed E-state index contributed by atoms with van der Waals surface area (Å²) in [7, 11) is 0. The summed E-state index contributed by atoms with van der Waals surface area (Å²) in [4.78, 5) is 11.4. The largest absolute Gasteiger partial charge is 0.396 e. The lowest BCUT2D eigenvalue weighted by Crippen LogP contribution is -2.51. The predicted octanol–water partition coefficient (Wildman–Crippen LogP) is 4.13. The molecule has 0 radical (unpaired) electrons. The van der Waals surface area contributed by atoms with Crippen LogP contribution >= 0.6 is 0 Å². The van der Waals surface area contributed by atoms with E-state index in [4.69, 9.17) is 0 Å². The highest BCUT2D eigenvalue weighted by Crippen LogP contribution is 2.61. The van der Waals surface area contributed by atoms with Gasteiger partial charge >= 0.3 is 0 Å². The highest BCUT2D eigenvalue weighted by molar-refractivity contribution is 5.75. The minimum Gasteiger partial charge on any atom is -0.396 e. The van der Waals surface area contributed by atoms with Gasteiger partial charge in [0.25, 0.3) is 0 Å². The number of aliphatic hydroxyl groups excluding tert-OH is 1. The number of rotatable bonds is 4. The molecular formula is C18H30O2. The maximum absolute atomic E-state index is 11.4. The summed E-state index contributed by atoms with van der Waals surface area (Å²) in [5.74, 6) is 1.30. The zero-order valence-electron chi connectivity index (χ0n) is 13.4. The molecule has 2 rings (SSSR count). The summed E-state index contributed by atoms with van der Waals surface area (Å²) in [5.41, 5.74) is 1.62. The van der Waals surface area contributed by atoms with E-state index in [2.05, 4.69) is 20.4 Å². The molecule has 0 aromatic carbocycles. The third-order valence-electron chi connectivity index (χ3n) is 6.29. The van der Waals surface area contributed by atoms with Gasteiger partial charge < -0.3 is 9.90 Å². The second kappa shape index (κ2) is 5.63. The smallest absolute Gasteiger partial charge is 0.129 e. The minimum absolute atomic E-state index is 0.0577. The van der Waals surface area contributed by atoms with Crippen molar-refractivity contribution in [3.63, 3.8) is 0 Å². The lowest BCUT2D eigenvalue weighted by Gasteiger charge is -2.58. The van der Waals surface area contributed by atoms with Crippen LogP contribution in [0.2, 0.25) is 0 Å². The van der Waals surface area contributed by atoms with Crippen LogP contribution in [0.25, 0.3) is 0 Å². The molecule has 2 aliphatic rings. The Labute approximate surface area is 123 Å². The Balaban J connectivity index is 2.27. The first-order chi connectivity index (χ1) is 9.33. The standard InChI is InChI=1S/C18H30O2/c1-13-6-9-16-17(3,12-19)10-5-11-18(16,4)15(13)8-7-14(2)20/h15-16,19H,1,5-12H2,2-4H3/t15-,16+,17+,18+/m0/s1. The Morgan fingerprint density at radius 1 is 1.40 bits per heavy atom. The zero-order chi connectivity index (χ0) is 15.0. The molecule has 0 amide bonds. The quantitative estimate of drug-likeness (QED) is 0.785. The number of aliphatic hydroxyl groups is 1. The average molecular weight is 278 g/mol. The molecule has 0 spiro atoms. The van der Waals surface area contributed by atoms with Crippen LogP contribution in [0.5, 0.6) is 0 Å². The maximum atomic E-state index is 11.4. The number of hydrogen-bond donors (Lipinski definition) is 1. The fraction of sp³-hybridized carbons (Fsp3) is 0.833. The van der Waals surface area contributed by atoms with Crippen LogP contribution in [-0.4, -0.2) is 17.5 Å². The van der Waals surface area contributed by atoms with E-state index in [0.29, 0.717) is 24.9 Å². The molecule has 4 atom stereocenters. The Morgan fingerprint density at radius 3 is 2.70 bits per heavy atom. The second-order valence-corrected chi connectivity index (χ2v) is 7.71. The third-order valence-corrected chi connectivity index (χ3v) is 6.29. The van der Waals surface area contributed by atoms with Crippen LogP contribution in [0, 0.1) is 22.7 Å². The Hall–Kier alpha value is -0.630. The van der Waals surface area contributed by atoms with Gasteiger partial charge in [0.15, 0.2) is 0 Å². The van der Waals surface area contributed by atoms with Gasteiger partial charge in [0, 0.05) is 13.0 Å². The van der Waals surface area contributed by atoms with Crippen LogP contribution < -0.4 is 0 Å². The molecule has 2 fully saturated rings. The van der Waals surface area contributed by atoms with Crippen molar-refractivity contribution in [2.24, 2.45) is 22.7 Å². The zero-order valence-corrected chi connectivity index (χ0v) is 13.4. The number of carbonyl (C=O) groups excluding carboxylic acids is 1. The first kappa shape index (κ1) is 15.8. The summed E-state index contributed by atoms with van der Waals surface area (Å²) >= 11 is 0. The van der Waals surface area contributed by atoms with E-state index in [9.17, 15) is 9.90 Å². The molecule has 0 unspecified atom stereocenters. The Bertz CT molecular complexity index is 400. The molecule has 2 aliphatic carbocycles. The summed E-state index contributed by atoms with van der Waals surface area (Å²) < 4.78 is 0. The molecule has 0 heterocycles. The van der Waals surface area contributed by atoms with Crippen LogP contribution in [0.3, 0.4) is 0 Å². The average Bonchev–Trinajstić information content (AvgIpc) is 2.37. The normalized spacial score (nSPS) is 41.3. The van der Waals surface area contributed by atoms with Gasteiger partial charge in [-0.25, -0.2) is 0 Å². The molecule has 0 aromatic heterocycles. The van der Waals surface area contributed by atoms with Crippen molar-refractivity contribution in [1.29, 1.82) is 0 Å². The molecule has 2 heteroatoms. The summed E-state index contributed by atoms with van der Waals surface area (Å²) in [6.45, 7) is 10.9. The van der Waals surface area contributed by atoms with E-state index in [0.717, 1.165) is 25.7 Å². The Morgan fingerprint density at radius 2 is 2.10 bits per heavy atom. The lowest BCUT2D eigenvalue weighted by molar-refractivity contribution is -0.118. The second-order valence-electron chi connectivity index (χ2n) is 7.71. The van der Waals surface area contributed by atoms with Gasteiger partial charge in [0.05, 0.1) is 0 Å². The van der Waals surface area contributed by atoms with Crippen LogP contribution in [-0.2, 0) is 4.79 Å². The van der Waals surface area contributed by atoms with E-state index >= 15 is 0 Å². The fourth-order valence-corrected chi connectivity index (χ4v) is 5.15. The molecule has 0 bridgehead atoms. The lowest BCUT2D eigenvalue weighted by atomic mass is 9.47. The molecule has 20 heavy (non-hydrogen) atoms. The first-order valence-electron chi connectivity index (χ1n) is 8.11. The highest BCUT2D eigenvalue weighted by Gasteiger charge is 2.53. The van der Waals surface area contributed by atoms with Crippen LogP contribution in [0.1, 0.15) is 65.7 Å². The molecule has 0 saturated heterocycles. The fourth-order valence-electron chi connectivity index (χ4n) is 5.15. The van der Waals surface area contributed by atoms with Crippen molar-refractivity contribution in [2.75, 3.05) is 6.61 Å². The highest BCUT2D eigenvalue weighted by atomic mass is 16.3. The molecule has 114 valence electrons. The van der Waals surface area contributed by atoms with E-state index in [1.165, 1.54) is 18.4 Å². The van der Waals surface area contributed by atoms with Gasteiger partial charge in [-0.3, -0.25) is 0 Å². The van der Waals surface area contributed by atoms with Crippen LogP contribution in [0.15, 0.2) is 12.2 Å². The molecule has 2 saturated carbocycles. The Kier molecular flexibility index (Phi) is 4.44. The van der Waals surface area contributed by atoms with Gasteiger partial charge in [-0.1, -0.05) is 32.4 Å². The van der Waals surface area contributed by atoms with Gasteiger partial charge in [-0.2, -0.15) is 0 Å². The van der Waals surface area contributed by atoms with Gasteiger partial charge in [-0.15, -0.1) is 0 Å². The summed E-state index contributed by atoms with van der Waals surface area (Å²) in [6.07, 6.45) is 7.38. The molecule has 2 nitrogen and oxygen atoms in total. The number of ketones is 1. The van der Waals surface area contributed by atoms with Crippen LogP contribution in [0.4, 0.5) is 0 Å². The SMILES string of the molecule is C=C1CC[C@@H]2[C@@](C)(CO)CCC[C@]2(C)[C@H]1CCC(C)=O. The third kappa shape index (κ3) is 2.59. The van der Waals surface area contributed by atoms with Gasteiger partial charge in [-0.05, 0) is 61.7 Å². The number of Topliss-reactive ketones (excluding diaryl/α,β-unsaturated/α-hetero) is 1. The summed E-state index contributed by atoms with van der Waals surface area (Å²) in [5, 5.41) is 9.90. The molecule has 0 aromatic rings. The number of fused-ring (bicyclic) bond motifs is 1. The van der Waals surface area contributed by atoms with E-state index in [-0.39, 0.29) is 16.6 Å². The van der Waals surface area contributed by atoms with E-state index in [1.807, 2.05) is 0 Å². The molecular weight excluding hydrogens is 248 g/mol. The topological polar surface area (TPSA) is 37.3 Å². The van der Waals surface area contributed by atoms with Crippen molar-refractivity contribution < 1.29 is 9.90 Å². The number of allylic oxidation sites excluding steroid dienone is 1. The van der Waals surface area contributed by atoms with E-state index < -0.39 is 0 Å². The van der Waals surface area contributed by atoms with Crippen molar-refractivity contribution >= 4 is 5.78 Å².